The number of aryl methyl sites for hydroxylation is 1. The Bertz CT molecular complexity index is 563. The van der Waals surface area contributed by atoms with Gasteiger partial charge >= 0.3 is 0 Å². The van der Waals surface area contributed by atoms with Gasteiger partial charge in [0, 0.05) is 11.1 Å². The molecule has 0 saturated carbocycles. The van der Waals surface area contributed by atoms with Crippen LogP contribution in [0.3, 0.4) is 0 Å². The molecule has 2 N–H and O–H groups in total. The van der Waals surface area contributed by atoms with Crippen molar-refractivity contribution in [2.45, 2.75) is 57.6 Å². The molecular weight excluding hydrogens is 262 g/mol. The highest BCUT2D eigenvalue weighted by Gasteiger charge is 2.29. The highest BCUT2D eigenvalue weighted by atomic mass is 32.2. The topological polar surface area (TPSA) is 66.4 Å². The van der Waals surface area contributed by atoms with Crippen LogP contribution in [-0.4, -0.2) is 19.1 Å². The van der Waals surface area contributed by atoms with Crippen LogP contribution in [0.1, 0.15) is 45.7 Å². The molecule has 1 aromatic carbocycles. The molecule has 0 bridgehead atoms. The fraction of sp³-hybridized carbons (Fsp3) is 0.571. The normalized spacial score (nSPS) is 13.6. The number of rotatable bonds is 3. The summed E-state index contributed by atoms with van der Waals surface area (Å²) >= 11 is 0. The van der Waals surface area contributed by atoms with Gasteiger partial charge in [-0.1, -0.05) is 17.7 Å². The van der Waals surface area contributed by atoms with Crippen molar-refractivity contribution in [1.82, 2.24) is 4.72 Å². The minimum atomic E-state index is -3.66. The molecule has 0 aliphatic heterocycles. The zero-order valence-corrected chi connectivity index (χ0v) is 13.2. The maximum Gasteiger partial charge on any atom is 0.241 e. The zero-order valence-electron chi connectivity index (χ0n) is 12.4. The molecule has 0 radical (unpaired) electrons. The van der Waals surface area contributed by atoms with Crippen molar-refractivity contribution < 1.29 is 13.5 Å². The Morgan fingerprint density at radius 3 is 2.05 bits per heavy atom. The molecule has 0 aromatic heterocycles. The summed E-state index contributed by atoms with van der Waals surface area (Å²) in [6, 6.07) is 4.97. The third-order valence-electron chi connectivity index (χ3n) is 2.52. The summed E-state index contributed by atoms with van der Waals surface area (Å²) < 4.78 is 27.4. The first-order valence-electron chi connectivity index (χ1n) is 6.20. The van der Waals surface area contributed by atoms with E-state index in [1.54, 1.807) is 46.8 Å². The fourth-order valence-corrected chi connectivity index (χ4v) is 3.58. The van der Waals surface area contributed by atoms with Crippen molar-refractivity contribution >= 4 is 10.0 Å². The van der Waals surface area contributed by atoms with Gasteiger partial charge in [0.05, 0.1) is 10.5 Å². The molecular formula is C14H23NO3S. The van der Waals surface area contributed by atoms with Crippen LogP contribution in [0.4, 0.5) is 0 Å². The lowest BCUT2D eigenvalue weighted by Crippen LogP contribution is -2.41. The third-order valence-corrected chi connectivity index (χ3v) is 4.34. The highest BCUT2D eigenvalue weighted by Crippen LogP contribution is 2.28. The minimum Gasteiger partial charge on any atom is -0.386 e. The van der Waals surface area contributed by atoms with E-state index in [1.807, 2.05) is 6.92 Å². The van der Waals surface area contributed by atoms with Gasteiger partial charge in [-0.15, -0.1) is 0 Å². The van der Waals surface area contributed by atoms with Crippen LogP contribution in [0.15, 0.2) is 23.1 Å². The van der Waals surface area contributed by atoms with Crippen LogP contribution < -0.4 is 4.72 Å². The van der Waals surface area contributed by atoms with Crippen molar-refractivity contribution in [3.8, 4) is 0 Å². The van der Waals surface area contributed by atoms with Gasteiger partial charge in [-0.25, -0.2) is 13.1 Å². The Kier molecular flexibility index (Phi) is 4.15. The minimum absolute atomic E-state index is 0.125. The molecule has 4 nitrogen and oxygen atoms in total. The predicted molar refractivity (Wildman–Crippen MR) is 76.5 cm³/mol. The molecule has 0 atom stereocenters. The number of hydrogen-bond acceptors (Lipinski definition) is 3. The van der Waals surface area contributed by atoms with Crippen molar-refractivity contribution in [1.29, 1.82) is 0 Å². The van der Waals surface area contributed by atoms with Crippen LogP contribution in [-0.2, 0) is 15.6 Å². The standard InChI is InChI=1S/C14H23NO3S/c1-10-7-8-12(11(9-10)14(5,6)16)19(17,18)15-13(2,3)4/h7-9,15-16H,1-6H3. The lowest BCUT2D eigenvalue weighted by Gasteiger charge is -2.25. The smallest absolute Gasteiger partial charge is 0.241 e. The van der Waals surface area contributed by atoms with E-state index >= 15 is 0 Å². The number of hydrogen-bond donors (Lipinski definition) is 2. The van der Waals surface area contributed by atoms with Crippen LogP contribution in [0.2, 0.25) is 0 Å². The molecule has 1 aromatic rings. The van der Waals surface area contributed by atoms with Crippen LogP contribution in [0.25, 0.3) is 0 Å². The van der Waals surface area contributed by atoms with E-state index in [2.05, 4.69) is 4.72 Å². The molecule has 0 aliphatic rings. The van der Waals surface area contributed by atoms with E-state index < -0.39 is 21.2 Å². The van der Waals surface area contributed by atoms with E-state index in [9.17, 15) is 13.5 Å². The molecule has 0 fully saturated rings. The van der Waals surface area contributed by atoms with E-state index in [1.165, 1.54) is 6.07 Å². The number of nitrogens with one attached hydrogen (secondary N) is 1. The zero-order chi connectivity index (χ0) is 15.1. The van der Waals surface area contributed by atoms with Gasteiger partial charge in [0.1, 0.15) is 0 Å². The Labute approximate surface area is 115 Å². The lowest BCUT2D eigenvalue weighted by atomic mass is 9.97. The quantitative estimate of drug-likeness (QED) is 0.895. The summed E-state index contributed by atoms with van der Waals surface area (Å²) in [5.41, 5.74) is -0.467. The van der Waals surface area contributed by atoms with E-state index in [0.29, 0.717) is 5.56 Å². The second-order valence-corrected chi connectivity index (χ2v) is 8.06. The van der Waals surface area contributed by atoms with Gasteiger partial charge in [0.2, 0.25) is 10.0 Å². The number of sulfonamides is 1. The van der Waals surface area contributed by atoms with Crippen molar-refractivity contribution in [2.24, 2.45) is 0 Å². The van der Waals surface area contributed by atoms with Crippen LogP contribution >= 0.6 is 0 Å². The first-order chi connectivity index (χ1) is 8.33. The van der Waals surface area contributed by atoms with Crippen LogP contribution in [0, 0.1) is 6.92 Å². The van der Waals surface area contributed by atoms with Crippen molar-refractivity contribution in [3.05, 3.63) is 29.3 Å². The second-order valence-electron chi connectivity index (χ2n) is 6.41. The van der Waals surface area contributed by atoms with Gasteiger partial charge < -0.3 is 5.11 Å². The summed E-state index contributed by atoms with van der Waals surface area (Å²) in [6.45, 7) is 10.4. The molecule has 0 aliphatic carbocycles. The monoisotopic (exact) mass is 285 g/mol. The molecule has 0 amide bonds. The molecule has 19 heavy (non-hydrogen) atoms. The molecule has 0 heterocycles. The average molecular weight is 285 g/mol. The lowest BCUT2D eigenvalue weighted by molar-refractivity contribution is 0.0754. The van der Waals surface area contributed by atoms with Gasteiger partial charge in [-0.3, -0.25) is 0 Å². The first-order valence-corrected chi connectivity index (χ1v) is 7.69. The van der Waals surface area contributed by atoms with Crippen LogP contribution in [0.5, 0.6) is 0 Å². The molecule has 5 heteroatoms. The highest BCUT2D eigenvalue weighted by molar-refractivity contribution is 7.89. The summed E-state index contributed by atoms with van der Waals surface area (Å²) in [5, 5.41) is 10.2. The van der Waals surface area contributed by atoms with Gasteiger partial charge in [0.15, 0.2) is 0 Å². The van der Waals surface area contributed by atoms with Gasteiger partial charge in [-0.05, 0) is 47.6 Å². The molecule has 1 rings (SSSR count). The van der Waals surface area contributed by atoms with Crippen molar-refractivity contribution in [3.63, 3.8) is 0 Å². The van der Waals surface area contributed by atoms with Crippen molar-refractivity contribution in [2.75, 3.05) is 0 Å². The summed E-state index contributed by atoms with van der Waals surface area (Å²) in [5.74, 6) is 0. The van der Waals surface area contributed by atoms with E-state index in [4.69, 9.17) is 0 Å². The Morgan fingerprint density at radius 2 is 1.63 bits per heavy atom. The first kappa shape index (κ1) is 16.1. The van der Waals surface area contributed by atoms with E-state index in [-0.39, 0.29) is 4.90 Å². The summed E-state index contributed by atoms with van der Waals surface area (Å²) in [6.07, 6.45) is 0. The van der Waals surface area contributed by atoms with E-state index in [0.717, 1.165) is 5.56 Å². The Hall–Kier alpha value is -0.910. The van der Waals surface area contributed by atoms with Gasteiger partial charge in [0.25, 0.3) is 0 Å². The Balaban J connectivity index is 3.44. The maximum absolute atomic E-state index is 12.4. The maximum atomic E-state index is 12.4. The fourth-order valence-electron chi connectivity index (χ4n) is 1.81. The molecule has 0 saturated heterocycles. The number of benzene rings is 1. The molecule has 0 spiro atoms. The predicted octanol–water partition coefficient (Wildman–Crippen LogP) is 2.30. The largest absolute Gasteiger partial charge is 0.386 e. The second kappa shape index (κ2) is 4.89. The molecule has 108 valence electrons. The van der Waals surface area contributed by atoms with Gasteiger partial charge in [-0.2, -0.15) is 0 Å². The number of aliphatic hydroxyl groups is 1. The third kappa shape index (κ3) is 4.30. The summed E-state index contributed by atoms with van der Waals surface area (Å²) in [7, 11) is -3.66. The SMILES string of the molecule is Cc1ccc(S(=O)(=O)NC(C)(C)C)c(C(C)(C)O)c1. The average Bonchev–Trinajstić information content (AvgIpc) is 2.11. The Morgan fingerprint density at radius 1 is 1.11 bits per heavy atom. The summed E-state index contributed by atoms with van der Waals surface area (Å²) in [4.78, 5) is 0.125. The molecule has 0 unspecified atom stereocenters.